The van der Waals surface area contributed by atoms with Gasteiger partial charge in [-0.3, -0.25) is 0 Å². The fourth-order valence-corrected chi connectivity index (χ4v) is 2.14. The van der Waals surface area contributed by atoms with E-state index < -0.39 is 6.04 Å². The second kappa shape index (κ2) is 6.23. The summed E-state index contributed by atoms with van der Waals surface area (Å²) in [6.07, 6.45) is 0. The van der Waals surface area contributed by atoms with E-state index in [9.17, 15) is 4.79 Å². The van der Waals surface area contributed by atoms with Gasteiger partial charge in [0.05, 0.1) is 6.61 Å². The molecule has 0 amide bonds. The summed E-state index contributed by atoms with van der Waals surface area (Å²) in [6, 6.07) is 4.86. The zero-order valence-corrected chi connectivity index (χ0v) is 11.4. The van der Waals surface area contributed by atoms with Crippen LogP contribution in [0, 0.1) is 0 Å². The van der Waals surface area contributed by atoms with Gasteiger partial charge in [-0.15, -0.1) is 0 Å². The SMILES string of the molecule is CCOC(=O)C(NC)c1ccc(Br)cc1Cl. The summed E-state index contributed by atoms with van der Waals surface area (Å²) in [5, 5.41) is 3.42. The molecule has 1 aromatic rings. The number of hydrogen-bond acceptors (Lipinski definition) is 3. The lowest BCUT2D eigenvalue weighted by Crippen LogP contribution is -2.27. The molecule has 0 fully saturated rings. The van der Waals surface area contributed by atoms with Gasteiger partial charge >= 0.3 is 5.97 Å². The summed E-state index contributed by atoms with van der Waals surface area (Å²) in [5.74, 6) is -0.325. The lowest BCUT2D eigenvalue weighted by molar-refractivity contribution is -0.145. The molecule has 5 heteroatoms. The zero-order valence-electron chi connectivity index (χ0n) is 9.09. The third kappa shape index (κ3) is 3.20. The van der Waals surface area contributed by atoms with Gasteiger partial charge in [-0.1, -0.05) is 33.6 Å². The minimum atomic E-state index is -0.527. The molecular formula is C11H13BrClNO2. The molecule has 0 aliphatic carbocycles. The number of esters is 1. The molecule has 0 heterocycles. The summed E-state index contributed by atoms with van der Waals surface area (Å²) in [7, 11) is 1.69. The number of halogens is 2. The number of nitrogens with one attached hydrogen (secondary N) is 1. The Morgan fingerprint density at radius 3 is 2.81 bits per heavy atom. The van der Waals surface area contributed by atoms with Gasteiger partial charge in [0.25, 0.3) is 0 Å². The van der Waals surface area contributed by atoms with E-state index in [1.54, 1.807) is 26.1 Å². The van der Waals surface area contributed by atoms with Crippen LogP contribution in [0.25, 0.3) is 0 Å². The molecule has 0 aromatic heterocycles. The molecule has 1 atom stereocenters. The minimum absolute atomic E-state index is 0.325. The molecule has 1 N–H and O–H groups in total. The van der Waals surface area contributed by atoms with E-state index in [0.29, 0.717) is 17.2 Å². The fraction of sp³-hybridized carbons (Fsp3) is 0.364. The van der Waals surface area contributed by atoms with E-state index >= 15 is 0 Å². The summed E-state index contributed by atoms with van der Waals surface area (Å²) < 4.78 is 5.84. The molecule has 16 heavy (non-hydrogen) atoms. The third-order valence-electron chi connectivity index (χ3n) is 2.08. The molecule has 1 rings (SSSR count). The van der Waals surface area contributed by atoms with Crippen LogP contribution < -0.4 is 5.32 Å². The van der Waals surface area contributed by atoms with E-state index in [4.69, 9.17) is 16.3 Å². The van der Waals surface area contributed by atoms with Crippen LogP contribution >= 0.6 is 27.5 Å². The standard InChI is InChI=1S/C11H13BrClNO2/c1-3-16-11(15)10(14-2)8-5-4-7(12)6-9(8)13/h4-6,10,14H,3H2,1-2H3. The van der Waals surface area contributed by atoms with Crippen molar-refractivity contribution in [3.8, 4) is 0 Å². The second-order valence-corrected chi connectivity index (χ2v) is 4.46. The average Bonchev–Trinajstić information content (AvgIpc) is 2.22. The van der Waals surface area contributed by atoms with Crippen molar-refractivity contribution in [1.29, 1.82) is 0 Å². The van der Waals surface area contributed by atoms with Crippen molar-refractivity contribution < 1.29 is 9.53 Å². The van der Waals surface area contributed by atoms with Gasteiger partial charge in [-0.2, -0.15) is 0 Å². The number of hydrogen-bond donors (Lipinski definition) is 1. The van der Waals surface area contributed by atoms with Gasteiger partial charge in [-0.25, -0.2) is 4.79 Å². The molecule has 1 aromatic carbocycles. The Labute approximate surface area is 108 Å². The molecule has 0 saturated carbocycles. The third-order valence-corrected chi connectivity index (χ3v) is 2.91. The number of carbonyl (C=O) groups is 1. The fourth-order valence-electron chi connectivity index (χ4n) is 1.36. The van der Waals surface area contributed by atoms with E-state index in [0.717, 1.165) is 4.47 Å². The van der Waals surface area contributed by atoms with Crippen LogP contribution in [-0.2, 0) is 9.53 Å². The highest BCUT2D eigenvalue weighted by Gasteiger charge is 2.22. The van der Waals surface area contributed by atoms with Gasteiger partial charge in [0, 0.05) is 9.50 Å². The number of carbonyl (C=O) groups excluding carboxylic acids is 1. The maximum Gasteiger partial charge on any atom is 0.327 e. The Bertz CT molecular complexity index is 384. The van der Waals surface area contributed by atoms with Crippen molar-refractivity contribution >= 4 is 33.5 Å². The first kappa shape index (κ1) is 13.5. The second-order valence-electron chi connectivity index (χ2n) is 3.14. The van der Waals surface area contributed by atoms with Crippen molar-refractivity contribution in [3.05, 3.63) is 33.3 Å². The maximum absolute atomic E-state index is 11.7. The first-order valence-corrected chi connectivity index (χ1v) is 6.06. The van der Waals surface area contributed by atoms with E-state index in [-0.39, 0.29) is 5.97 Å². The topological polar surface area (TPSA) is 38.3 Å². The van der Waals surface area contributed by atoms with Crippen molar-refractivity contribution in [2.24, 2.45) is 0 Å². The number of rotatable bonds is 4. The highest BCUT2D eigenvalue weighted by atomic mass is 79.9. The molecule has 0 spiro atoms. The van der Waals surface area contributed by atoms with Gasteiger partial charge in [0.2, 0.25) is 0 Å². The Balaban J connectivity index is 2.99. The van der Waals surface area contributed by atoms with Crippen LogP contribution in [0.4, 0.5) is 0 Å². The summed E-state index contributed by atoms with van der Waals surface area (Å²) in [6.45, 7) is 2.12. The van der Waals surface area contributed by atoms with E-state index in [1.807, 2.05) is 6.07 Å². The zero-order chi connectivity index (χ0) is 12.1. The summed E-state index contributed by atoms with van der Waals surface area (Å²) in [5.41, 5.74) is 0.714. The Hall–Kier alpha value is -0.580. The van der Waals surface area contributed by atoms with Crippen LogP contribution in [0.15, 0.2) is 22.7 Å². The smallest absolute Gasteiger partial charge is 0.327 e. The van der Waals surface area contributed by atoms with Crippen molar-refractivity contribution in [2.75, 3.05) is 13.7 Å². The molecular weight excluding hydrogens is 293 g/mol. The van der Waals surface area contributed by atoms with Gasteiger partial charge in [0.15, 0.2) is 0 Å². The quantitative estimate of drug-likeness (QED) is 0.869. The average molecular weight is 307 g/mol. The van der Waals surface area contributed by atoms with Crippen LogP contribution in [0.2, 0.25) is 5.02 Å². The molecule has 0 saturated heterocycles. The predicted molar refractivity (Wildman–Crippen MR) is 67.6 cm³/mol. The van der Waals surface area contributed by atoms with Gasteiger partial charge < -0.3 is 10.1 Å². The van der Waals surface area contributed by atoms with Crippen molar-refractivity contribution in [2.45, 2.75) is 13.0 Å². The number of ether oxygens (including phenoxy) is 1. The van der Waals surface area contributed by atoms with Crippen molar-refractivity contribution in [3.63, 3.8) is 0 Å². The largest absolute Gasteiger partial charge is 0.465 e. The Kier molecular flexibility index (Phi) is 5.25. The molecule has 3 nitrogen and oxygen atoms in total. The minimum Gasteiger partial charge on any atom is -0.465 e. The van der Waals surface area contributed by atoms with Gasteiger partial charge in [-0.05, 0) is 31.7 Å². The summed E-state index contributed by atoms with van der Waals surface area (Å²) >= 11 is 9.38. The van der Waals surface area contributed by atoms with E-state index in [1.165, 1.54) is 0 Å². The molecule has 0 radical (unpaired) electrons. The summed E-state index contributed by atoms with van der Waals surface area (Å²) in [4.78, 5) is 11.7. The molecule has 88 valence electrons. The lowest BCUT2D eigenvalue weighted by Gasteiger charge is -2.16. The lowest BCUT2D eigenvalue weighted by atomic mass is 10.1. The molecule has 0 aliphatic heterocycles. The van der Waals surface area contributed by atoms with Crippen LogP contribution in [0.1, 0.15) is 18.5 Å². The maximum atomic E-state index is 11.7. The molecule has 0 bridgehead atoms. The van der Waals surface area contributed by atoms with Crippen LogP contribution in [0.5, 0.6) is 0 Å². The molecule has 1 unspecified atom stereocenters. The number of likely N-dealkylation sites (N-methyl/N-ethyl adjacent to an activating group) is 1. The number of benzene rings is 1. The first-order valence-electron chi connectivity index (χ1n) is 4.89. The first-order chi connectivity index (χ1) is 7.60. The normalized spacial score (nSPS) is 12.2. The highest BCUT2D eigenvalue weighted by Crippen LogP contribution is 2.27. The van der Waals surface area contributed by atoms with Crippen LogP contribution in [-0.4, -0.2) is 19.6 Å². The van der Waals surface area contributed by atoms with Crippen molar-refractivity contribution in [1.82, 2.24) is 5.32 Å². The Morgan fingerprint density at radius 2 is 2.31 bits per heavy atom. The monoisotopic (exact) mass is 305 g/mol. The van der Waals surface area contributed by atoms with Crippen LogP contribution in [0.3, 0.4) is 0 Å². The highest BCUT2D eigenvalue weighted by molar-refractivity contribution is 9.10. The van der Waals surface area contributed by atoms with E-state index in [2.05, 4.69) is 21.2 Å². The molecule has 0 aliphatic rings. The Morgan fingerprint density at radius 1 is 1.62 bits per heavy atom. The predicted octanol–water partition coefficient (Wildman–Crippen LogP) is 2.93. The van der Waals surface area contributed by atoms with Gasteiger partial charge in [0.1, 0.15) is 6.04 Å².